The van der Waals surface area contributed by atoms with Gasteiger partial charge in [-0.15, -0.1) is 0 Å². The SMILES string of the molecule is CCC(CBr)(Cc1cccc(O)c1)c1ccccc1. The van der Waals surface area contributed by atoms with E-state index in [1.54, 1.807) is 6.07 Å². The molecule has 2 aromatic rings. The van der Waals surface area contributed by atoms with Crippen LogP contribution in [0.3, 0.4) is 0 Å². The number of alkyl halides is 1. The second-order valence-electron chi connectivity index (χ2n) is 4.98. The van der Waals surface area contributed by atoms with Gasteiger partial charge in [0.1, 0.15) is 5.75 Å². The van der Waals surface area contributed by atoms with Gasteiger partial charge in [-0.05, 0) is 36.1 Å². The minimum Gasteiger partial charge on any atom is -0.508 e. The number of halogens is 1. The van der Waals surface area contributed by atoms with Crippen LogP contribution < -0.4 is 0 Å². The fourth-order valence-electron chi connectivity index (χ4n) is 2.50. The van der Waals surface area contributed by atoms with Crippen molar-refractivity contribution in [3.63, 3.8) is 0 Å². The van der Waals surface area contributed by atoms with E-state index >= 15 is 0 Å². The van der Waals surface area contributed by atoms with Crippen molar-refractivity contribution in [2.24, 2.45) is 0 Å². The maximum atomic E-state index is 9.61. The lowest BCUT2D eigenvalue weighted by Gasteiger charge is -2.32. The predicted molar refractivity (Wildman–Crippen MR) is 84.0 cm³/mol. The van der Waals surface area contributed by atoms with Crippen molar-refractivity contribution >= 4 is 15.9 Å². The Morgan fingerprint density at radius 1 is 1.05 bits per heavy atom. The maximum absolute atomic E-state index is 9.61. The zero-order valence-electron chi connectivity index (χ0n) is 11.1. The molecule has 0 saturated heterocycles. The molecule has 19 heavy (non-hydrogen) atoms. The molecule has 100 valence electrons. The van der Waals surface area contributed by atoms with Crippen LogP contribution in [0.5, 0.6) is 5.75 Å². The molecule has 2 heteroatoms. The summed E-state index contributed by atoms with van der Waals surface area (Å²) in [6.07, 6.45) is 1.98. The summed E-state index contributed by atoms with van der Waals surface area (Å²) < 4.78 is 0. The lowest BCUT2D eigenvalue weighted by Crippen LogP contribution is -2.30. The summed E-state index contributed by atoms with van der Waals surface area (Å²) >= 11 is 3.68. The van der Waals surface area contributed by atoms with E-state index in [4.69, 9.17) is 0 Å². The van der Waals surface area contributed by atoms with E-state index in [9.17, 15) is 5.11 Å². The summed E-state index contributed by atoms with van der Waals surface area (Å²) in [6.45, 7) is 2.22. The van der Waals surface area contributed by atoms with Crippen molar-refractivity contribution in [2.75, 3.05) is 5.33 Å². The number of phenolic OH excluding ortho intramolecular Hbond substituents is 1. The molecule has 1 unspecified atom stereocenters. The molecule has 0 aromatic heterocycles. The Labute approximate surface area is 123 Å². The average molecular weight is 319 g/mol. The normalized spacial score (nSPS) is 14.0. The van der Waals surface area contributed by atoms with Gasteiger partial charge in [0.15, 0.2) is 0 Å². The molecule has 2 rings (SSSR count). The van der Waals surface area contributed by atoms with E-state index in [1.807, 2.05) is 18.2 Å². The fraction of sp³-hybridized carbons (Fsp3) is 0.294. The Hall–Kier alpha value is -1.28. The Kier molecular flexibility index (Phi) is 4.65. The van der Waals surface area contributed by atoms with Crippen molar-refractivity contribution in [1.82, 2.24) is 0 Å². The van der Waals surface area contributed by atoms with Gasteiger partial charge in [0.2, 0.25) is 0 Å². The quantitative estimate of drug-likeness (QED) is 0.794. The average Bonchev–Trinajstić information content (AvgIpc) is 2.46. The highest BCUT2D eigenvalue weighted by molar-refractivity contribution is 9.09. The molecule has 0 aliphatic rings. The molecule has 0 fully saturated rings. The fourth-order valence-corrected chi connectivity index (χ4v) is 3.42. The Balaban J connectivity index is 2.35. The van der Waals surface area contributed by atoms with Crippen molar-refractivity contribution in [3.05, 3.63) is 65.7 Å². The lowest BCUT2D eigenvalue weighted by molar-refractivity contribution is 0.456. The second kappa shape index (κ2) is 6.25. The topological polar surface area (TPSA) is 20.2 Å². The highest BCUT2D eigenvalue weighted by Gasteiger charge is 2.29. The molecule has 1 N–H and O–H groups in total. The van der Waals surface area contributed by atoms with Crippen LogP contribution >= 0.6 is 15.9 Å². The molecule has 0 aliphatic carbocycles. The first-order chi connectivity index (χ1) is 9.20. The summed E-state index contributed by atoms with van der Waals surface area (Å²) in [5, 5.41) is 10.5. The van der Waals surface area contributed by atoms with E-state index in [0.29, 0.717) is 5.75 Å². The van der Waals surface area contributed by atoms with Crippen LogP contribution in [0.1, 0.15) is 24.5 Å². The van der Waals surface area contributed by atoms with Crippen LogP contribution in [0, 0.1) is 0 Å². The molecule has 0 heterocycles. The number of rotatable bonds is 5. The third kappa shape index (κ3) is 3.19. The Morgan fingerprint density at radius 3 is 2.37 bits per heavy atom. The third-order valence-corrected chi connectivity index (χ3v) is 4.85. The molecule has 2 aromatic carbocycles. The first-order valence-electron chi connectivity index (χ1n) is 6.59. The van der Waals surface area contributed by atoms with Gasteiger partial charge < -0.3 is 5.11 Å². The van der Waals surface area contributed by atoms with E-state index in [2.05, 4.69) is 53.2 Å². The van der Waals surface area contributed by atoms with Crippen LogP contribution in [-0.2, 0) is 11.8 Å². The number of benzene rings is 2. The third-order valence-electron chi connectivity index (χ3n) is 3.77. The van der Waals surface area contributed by atoms with E-state index in [-0.39, 0.29) is 5.41 Å². The monoisotopic (exact) mass is 318 g/mol. The van der Waals surface area contributed by atoms with Crippen molar-refractivity contribution in [3.8, 4) is 5.75 Å². The van der Waals surface area contributed by atoms with Crippen molar-refractivity contribution < 1.29 is 5.11 Å². The molecule has 1 nitrogen and oxygen atoms in total. The van der Waals surface area contributed by atoms with Gasteiger partial charge in [0.05, 0.1) is 0 Å². The second-order valence-corrected chi connectivity index (χ2v) is 5.54. The first-order valence-corrected chi connectivity index (χ1v) is 7.72. The summed E-state index contributed by atoms with van der Waals surface area (Å²) in [4.78, 5) is 0. The highest BCUT2D eigenvalue weighted by atomic mass is 79.9. The van der Waals surface area contributed by atoms with Crippen molar-refractivity contribution in [2.45, 2.75) is 25.2 Å². The summed E-state index contributed by atoms with van der Waals surface area (Å²) in [7, 11) is 0. The van der Waals surface area contributed by atoms with Gasteiger partial charge in [0, 0.05) is 10.7 Å². The van der Waals surface area contributed by atoms with Gasteiger partial charge in [0.25, 0.3) is 0 Å². The summed E-state index contributed by atoms with van der Waals surface area (Å²) in [6, 6.07) is 18.2. The van der Waals surface area contributed by atoms with Gasteiger partial charge in [-0.25, -0.2) is 0 Å². The molecule has 0 saturated carbocycles. The molecular formula is C17H19BrO. The predicted octanol–water partition coefficient (Wildman–Crippen LogP) is 4.68. The highest BCUT2D eigenvalue weighted by Crippen LogP contribution is 2.34. The number of aromatic hydroxyl groups is 1. The zero-order valence-corrected chi connectivity index (χ0v) is 12.7. The summed E-state index contributed by atoms with van der Waals surface area (Å²) in [5.41, 5.74) is 2.59. The van der Waals surface area contributed by atoms with Crippen LogP contribution in [0.4, 0.5) is 0 Å². The van der Waals surface area contributed by atoms with Crippen LogP contribution in [0.2, 0.25) is 0 Å². The lowest BCUT2D eigenvalue weighted by atomic mass is 9.75. The standard InChI is InChI=1S/C17H19BrO/c1-2-17(13-18,15-8-4-3-5-9-15)12-14-7-6-10-16(19)11-14/h3-11,19H,2,12-13H2,1H3. The smallest absolute Gasteiger partial charge is 0.115 e. The molecule has 0 aliphatic heterocycles. The maximum Gasteiger partial charge on any atom is 0.115 e. The molecule has 0 radical (unpaired) electrons. The van der Waals surface area contributed by atoms with Gasteiger partial charge in [-0.2, -0.15) is 0 Å². The van der Waals surface area contributed by atoms with E-state index in [0.717, 1.165) is 18.2 Å². The van der Waals surface area contributed by atoms with Gasteiger partial charge in [-0.3, -0.25) is 0 Å². The minimum absolute atomic E-state index is 0.0784. The van der Waals surface area contributed by atoms with E-state index in [1.165, 1.54) is 11.1 Å². The minimum atomic E-state index is 0.0784. The van der Waals surface area contributed by atoms with Crippen molar-refractivity contribution in [1.29, 1.82) is 0 Å². The summed E-state index contributed by atoms with van der Waals surface area (Å²) in [5.74, 6) is 0.338. The Morgan fingerprint density at radius 2 is 1.79 bits per heavy atom. The molecule has 1 atom stereocenters. The first kappa shape index (κ1) is 14.1. The van der Waals surface area contributed by atoms with Crippen LogP contribution in [0.15, 0.2) is 54.6 Å². The molecule has 0 amide bonds. The zero-order chi connectivity index (χ0) is 13.7. The molecule has 0 bridgehead atoms. The number of phenols is 1. The Bertz CT molecular complexity index is 518. The van der Waals surface area contributed by atoms with Crippen LogP contribution in [-0.4, -0.2) is 10.4 Å². The number of hydrogen-bond donors (Lipinski definition) is 1. The van der Waals surface area contributed by atoms with Gasteiger partial charge in [-0.1, -0.05) is 65.3 Å². The number of hydrogen-bond acceptors (Lipinski definition) is 1. The van der Waals surface area contributed by atoms with Gasteiger partial charge >= 0.3 is 0 Å². The van der Waals surface area contributed by atoms with Crippen LogP contribution in [0.25, 0.3) is 0 Å². The molecule has 0 spiro atoms. The largest absolute Gasteiger partial charge is 0.508 e. The van der Waals surface area contributed by atoms with E-state index < -0.39 is 0 Å². The molecular weight excluding hydrogens is 300 g/mol.